The van der Waals surface area contributed by atoms with Crippen molar-refractivity contribution in [3.8, 4) is 0 Å². The number of carbonyl (C=O) groups is 2. The van der Waals surface area contributed by atoms with Gasteiger partial charge in [0.2, 0.25) is 5.91 Å². The van der Waals surface area contributed by atoms with Crippen LogP contribution in [0.25, 0.3) is 10.9 Å². The molecule has 0 aliphatic rings. The van der Waals surface area contributed by atoms with Crippen LogP contribution in [-0.4, -0.2) is 27.2 Å². The van der Waals surface area contributed by atoms with Crippen LogP contribution in [0.3, 0.4) is 0 Å². The third-order valence-electron chi connectivity index (χ3n) is 4.21. The normalized spacial score (nSPS) is 10.7. The first-order chi connectivity index (χ1) is 14.5. The van der Waals surface area contributed by atoms with Gasteiger partial charge in [-0.3, -0.25) is 19.5 Å². The van der Waals surface area contributed by atoms with E-state index < -0.39 is 11.9 Å². The van der Waals surface area contributed by atoms with Crippen LogP contribution in [-0.2, 0) is 17.9 Å². The first-order valence-electron chi connectivity index (χ1n) is 9.42. The molecule has 0 spiro atoms. The molecule has 0 radical (unpaired) electrons. The summed E-state index contributed by atoms with van der Waals surface area (Å²) in [6.07, 6.45) is 0.753. The lowest BCUT2D eigenvalue weighted by Crippen LogP contribution is -2.40. The number of thioether (sulfide) groups is 1. The maximum absolute atomic E-state index is 12.9. The van der Waals surface area contributed by atoms with Crippen LogP contribution in [0.2, 0.25) is 0 Å². The molecule has 0 saturated heterocycles. The lowest BCUT2D eigenvalue weighted by Gasteiger charge is -2.12. The highest BCUT2D eigenvalue weighted by atomic mass is 79.9. The molecule has 1 aromatic heterocycles. The topological polar surface area (TPSA) is 93.1 Å². The summed E-state index contributed by atoms with van der Waals surface area (Å²) >= 11 is 4.51. The van der Waals surface area contributed by atoms with Crippen LogP contribution < -0.4 is 16.2 Å². The molecule has 0 bridgehead atoms. The Morgan fingerprint density at radius 3 is 2.67 bits per heavy atom. The number of amides is 3. The number of halogens is 1. The smallest absolute Gasteiger partial charge is 0.321 e. The largest absolute Gasteiger partial charge is 0.334 e. The lowest BCUT2D eigenvalue weighted by atomic mass is 10.2. The van der Waals surface area contributed by atoms with Crippen molar-refractivity contribution in [1.29, 1.82) is 0 Å². The Bertz CT molecular complexity index is 1120. The molecule has 3 aromatic rings. The second kappa shape index (κ2) is 10.4. The van der Waals surface area contributed by atoms with Crippen LogP contribution in [0.5, 0.6) is 0 Å². The Hall–Kier alpha value is -2.65. The van der Waals surface area contributed by atoms with Crippen molar-refractivity contribution < 1.29 is 9.59 Å². The van der Waals surface area contributed by atoms with Gasteiger partial charge in [-0.15, -0.1) is 0 Å². The predicted molar refractivity (Wildman–Crippen MR) is 122 cm³/mol. The standard InChI is InChI=1S/C21H21BrN4O3S/c1-2-10-26-19(28)16-11-15(22)8-9-17(16)24-21(26)30-13-18(27)25-20(29)23-12-14-6-4-3-5-7-14/h3-9,11H,2,10,12-13H2,1H3,(H2,23,25,27,29). The van der Waals surface area contributed by atoms with E-state index in [0.29, 0.717) is 29.1 Å². The summed E-state index contributed by atoms with van der Waals surface area (Å²) in [6.45, 7) is 2.79. The minimum atomic E-state index is -0.563. The van der Waals surface area contributed by atoms with Crippen molar-refractivity contribution in [2.45, 2.75) is 31.6 Å². The van der Waals surface area contributed by atoms with E-state index in [0.717, 1.165) is 28.2 Å². The van der Waals surface area contributed by atoms with E-state index in [9.17, 15) is 14.4 Å². The lowest BCUT2D eigenvalue weighted by molar-refractivity contribution is -0.117. The number of urea groups is 1. The summed E-state index contributed by atoms with van der Waals surface area (Å²) in [5, 5.41) is 5.92. The molecule has 9 heteroatoms. The maximum Gasteiger partial charge on any atom is 0.321 e. The number of imide groups is 1. The number of fused-ring (bicyclic) bond motifs is 1. The van der Waals surface area contributed by atoms with Crippen LogP contribution in [0.1, 0.15) is 18.9 Å². The second-order valence-corrected chi connectivity index (χ2v) is 8.38. The van der Waals surface area contributed by atoms with Crippen molar-refractivity contribution in [3.63, 3.8) is 0 Å². The van der Waals surface area contributed by atoms with E-state index in [1.165, 1.54) is 0 Å². The fourth-order valence-corrected chi connectivity index (χ4v) is 4.01. The third kappa shape index (κ3) is 5.70. The van der Waals surface area contributed by atoms with Crippen molar-refractivity contribution >= 4 is 50.5 Å². The van der Waals surface area contributed by atoms with Crippen LogP contribution >= 0.6 is 27.7 Å². The summed E-state index contributed by atoms with van der Waals surface area (Å²) in [5.74, 6) is -0.490. The van der Waals surface area contributed by atoms with Gasteiger partial charge >= 0.3 is 6.03 Å². The van der Waals surface area contributed by atoms with Gasteiger partial charge in [0.1, 0.15) is 0 Å². The Balaban J connectivity index is 1.64. The molecule has 7 nitrogen and oxygen atoms in total. The monoisotopic (exact) mass is 488 g/mol. The second-order valence-electron chi connectivity index (χ2n) is 6.52. The molecule has 0 unspecified atom stereocenters. The van der Waals surface area contributed by atoms with Crippen LogP contribution in [0.4, 0.5) is 4.79 Å². The summed E-state index contributed by atoms with van der Waals surface area (Å²) in [6, 6.07) is 14.2. The Morgan fingerprint density at radius 2 is 1.93 bits per heavy atom. The molecule has 30 heavy (non-hydrogen) atoms. The van der Waals surface area contributed by atoms with Gasteiger partial charge in [-0.2, -0.15) is 0 Å². The van der Waals surface area contributed by atoms with Crippen LogP contribution in [0, 0.1) is 0 Å². The number of nitrogens with zero attached hydrogens (tertiary/aromatic N) is 2. The minimum Gasteiger partial charge on any atom is -0.334 e. The highest BCUT2D eigenvalue weighted by molar-refractivity contribution is 9.10. The van der Waals surface area contributed by atoms with Crippen molar-refractivity contribution in [2.24, 2.45) is 0 Å². The number of nitrogens with one attached hydrogen (secondary N) is 2. The summed E-state index contributed by atoms with van der Waals surface area (Å²) in [7, 11) is 0. The average Bonchev–Trinajstić information content (AvgIpc) is 2.74. The Morgan fingerprint density at radius 1 is 1.17 bits per heavy atom. The quantitative estimate of drug-likeness (QED) is 0.390. The highest BCUT2D eigenvalue weighted by Crippen LogP contribution is 2.20. The molecule has 2 aromatic carbocycles. The minimum absolute atomic E-state index is 0.0308. The number of aromatic nitrogens is 2. The zero-order valence-corrected chi connectivity index (χ0v) is 18.8. The van der Waals surface area contributed by atoms with Gasteiger partial charge < -0.3 is 5.32 Å². The SMILES string of the molecule is CCCn1c(SCC(=O)NC(=O)NCc2ccccc2)nc2ccc(Br)cc2c1=O. The zero-order valence-electron chi connectivity index (χ0n) is 16.4. The molecule has 156 valence electrons. The molecule has 0 aliphatic heterocycles. The van der Waals surface area contributed by atoms with Gasteiger partial charge in [-0.1, -0.05) is 64.9 Å². The summed E-state index contributed by atoms with van der Waals surface area (Å²) in [4.78, 5) is 41.5. The molecule has 1 heterocycles. The first kappa shape index (κ1) is 22.0. The molecular formula is C21H21BrN4O3S. The van der Waals surface area contributed by atoms with Gasteiger partial charge in [0.25, 0.3) is 5.56 Å². The van der Waals surface area contributed by atoms with Gasteiger partial charge in [0.15, 0.2) is 5.16 Å². The Labute approximate surface area is 186 Å². The number of benzene rings is 2. The van der Waals surface area contributed by atoms with Crippen molar-refractivity contribution in [1.82, 2.24) is 20.2 Å². The maximum atomic E-state index is 12.9. The van der Waals surface area contributed by atoms with Gasteiger partial charge in [-0.25, -0.2) is 9.78 Å². The Kier molecular flexibility index (Phi) is 7.64. The molecule has 3 rings (SSSR count). The first-order valence-corrected chi connectivity index (χ1v) is 11.2. The van der Waals surface area contributed by atoms with E-state index in [1.807, 2.05) is 43.3 Å². The van der Waals surface area contributed by atoms with E-state index in [1.54, 1.807) is 16.7 Å². The van der Waals surface area contributed by atoms with E-state index >= 15 is 0 Å². The number of rotatable bonds is 7. The summed E-state index contributed by atoms with van der Waals surface area (Å²) < 4.78 is 2.38. The van der Waals surface area contributed by atoms with E-state index in [2.05, 4.69) is 31.5 Å². The third-order valence-corrected chi connectivity index (χ3v) is 5.68. The van der Waals surface area contributed by atoms with E-state index in [4.69, 9.17) is 0 Å². The van der Waals surface area contributed by atoms with Gasteiger partial charge in [-0.05, 0) is 30.2 Å². The fraction of sp³-hybridized carbons (Fsp3) is 0.238. The average molecular weight is 489 g/mol. The van der Waals surface area contributed by atoms with Crippen molar-refractivity contribution in [3.05, 3.63) is 68.9 Å². The number of hydrogen-bond acceptors (Lipinski definition) is 5. The zero-order chi connectivity index (χ0) is 21.5. The van der Waals surface area contributed by atoms with Gasteiger partial charge in [0, 0.05) is 17.6 Å². The molecule has 0 saturated carbocycles. The number of carbonyl (C=O) groups excluding carboxylic acids is 2. The number of hydrogen-bond donors (Lipinski definition) is 2. The molecule has 0 fully saturated rings. The van der Waals surface area contributed by atoms with E-state index in [-0.39, 0.29) is 11.3 Å². The summed E-state index contributed by atoms with van der Waals surface area (Å²) in [5.41, 5.74) is 1.36. The molecule has 0 atom stereocenters. The highest BCUT2D eigenvalue weighted by Gasteiger charge is 2.14. The predicted octanol–water partition coefficient (Wildman–Crippen LogP) is 3.69. The van der Waals surface area contributed by atoms with Crippen molar-refractivity contribution in [2.75, 3.05) is 5.75 Å². The molecule has 0 aliphatic carbocycles. The molecule has 3 amide bonds. The molecular weight excluding hydrogens is 468 g/mol. The van der Waals surface area contributed by atoms with Crippen LogP contribution in [0.15, 0.2) is 63.0 Å². The van der Waals surface area contributed by atoms with Gasteiger partial charge in [0.05, 0.1) is 16.7 Å². The fourth-order valence-electron chi connectivity index (χ4n) is 2.82. The molecule has 2 N–H and O–H groups in total.